The number of aryl methyl sites for hydroxylation is 1. The van der Waals surface area contributed by atoms with Gasteiger partial charge in [0.2, 0.25) is 0 Å². The van der Waals surface area contributed by atoms with Gasteiger partial charge in [-0.25, -0.2) is 0 Å². The summed E-state index contributed by atoms with van der Waals surface area (Å²) < 4.78 is 0. The third-order valence-electron chi connectivity index (χ3n) is 1.15. The fraction of sp³-hybridized carbons (Fsp3) is 0.800. The predicted molar refractivity (Wildman–Crippen MR) is 36.7 cm³/mol. The molecule has 1 N–H and O–H groups in total. The second kappa shape index (κ2) is 3.40. The van der Waals surface area contributed by atoms with Crippen molar-refractivity contribution in [2.24, 2.45) is 0 Å². The normalized spacial score (nSPS) is 10.9. The van der Waals surface area contributed by atoms with Gasteiger partial charge in [-0.05, 0) is 12.1 Å². The Morgan fingerprint density at radius 3 is 2.82 bits per heavy atom. The first-order chi connectivity index (χ1) is 5.22. The van der Waals surface area contributed by atoms with Crippen LogP contribution in [-0.4, -0.2) is 37.5 Å². The highest BCUT2D eigenvalue weighted by Crippen LogP contribution is 1.89. The number of hydroxylamine groups is 2. The lowest BCUT2D eigenvalue weighted by Crippen LogP contribution is -2.13. The van der Waals surface area contributed by atoms with Gasteiger partial charge in [-0.2, -0.15) is 9.86 Å². The van der Waals surface area contributed by atoms with E-state index in [1.54, 1.807) is 0 Å². The van der Waals surface area contributed by atoms with Crippen LogP contribution in [-0.2, 0) is 13.1 Å². The first-order valence-corrected chi connectivity index (χ1v) is 3.39. The molecule has 0 amide bonds. The minimum Gasteiger partial charge on any atom is -0.314 e. The van der Waals surface area contributed by atoms with Crippen LogP contribution in [0.2, 0.25) is 0 Å². The van der Waals surface area contributed by atoms with Gasteiger partial charge in [0.25, 0.3) is 0 Å². The molecule has 1 aromatic rings. The summed E-state index contributed by atoms with van der Waals surface area (Å²) >= 11 is 0. The van der Waals surface area contributed by atoms with E-state index < -0.39 is 0 Å². The predicted octanol–water partition coefficient (Wildman–Crippen LogP) is -0.486. The Hall–Kier alpha value is -1.01. The van der Waals surface area contributed by atoms with E-state index in [9.17, 15) is 0 Å². The Labute approximate surface area is 64.4 Å². The van der Waals surface area contributed by atoms with E-state index in [-0.39, 0.29) is 0 Å². The smallest absolute Gasteiger partial charge is 0.191 e. The molecule has 62 valence electrons. The van der Waals surface area contributed by atoms with Crippen molar-refractivity contribution in [3.05, 3.63) is 5.82 Å². The minimum absolute atomic E-state index is 0.306. The molecule has 1 heterocycles. The van der Waals surface area contributed by atoms with Crippen molar-refractivity contribution in [2.75, 3.05) is 7.05 Å². The lowest BCUT2D eigenvalue weighted by Gasteiger charge is -2.01. The average Bonchev–Trinajstić information content (AvgIpc) is 2.34. The summed E-state index contributed by atoms with van der Waals surface area (Å²) in [7, 11) is 1.53. The molecule has 6 nitrogen and oxygen atoms in total. The van der Waals surface area contributed by atoms with Gasteiger partial charge < -0.3 is 5.21 Å². The van der Waals surface area contributed by atoms with Crippen molar-refractivity contribution in [1.29, 1.82) is 0 Å². The maximum absolute atomic E-state index is 8.80. The molecule has 0 aliphatic heterocycles. The monoisotopic (exact) mass is 157 g/mol. The molecule has 0 bridgehead atoms. The fourth-order valence-corrected chi connectivity index (χ4v) is 0.678. The van der Waals surface area contributed by atoms with E-state index in [1.165, 1.54) is 11.8 Å². The molecule has 0 aliphatic rings. The van der Waals surface area contributed by atoms with Crippen LogP contribution >= 0.6 is 0 Å². The zero-order valence-electron chi connectivity index (χ0n) is 6.60. The largest absolute Gasteiger partial charge is 0.314 e. The van der Waals surface area contributed by atoms with Crippen LogP contribution in [0.25, 0.3) is 0 Å². The molecule has 0 aromatic carbocycles. The highest BCUT2D eigenvalue weighted by Gasteiger charge is 2.02. The first kappa shape index (κ1) is 8.09. The van der Waals surface area contributed by atoms with Crippen LogP contribution in [0.1, 0.15) is 12.7 Å². The Morgan fingerprint density at radius 2 is 2.36 bits per heavy atom. The quantitative estimate of drug-likeness (QED) is 0.600. The highest BCUT2D eigenvalue weighted by molar-refractivity contribution is 4.73. The van der Waals surface area contributed by atoms with Crippen LogP contribution in [0.15, 0.2) is 0 Å². The van der Waals surface area contributed by atoms with Crippen molar-refractivity contribution >= 4 is 0 Å². The molecule has 1 rings (SSSR count). The second-order valence-corrected chi connectivity index (χ2v) is 2.21. The van der Waals surface area contributed by atoms with Crippen molar-refractivity contribution in [3.63, 3.8) is 0 Å². The molecular formula is C5H11N5O. The lowest BCUT2D eigenvalue weighted by molar-refractivity contribution is -0.0751. The maximum atomic E-state index is 8.80. The van der Waals surface area contributed by atoms with E-state index in [1.807, 2.05) is 6.92 Å². The molecular weight excluding hydrogens is 146 g/mol. The molecule has 0 unspecified atom stereocenters. The number of hydrogen-bond acceptors (Lipinski definition) is 5. The van der Waals surface area contributed by atoms with Gasteiger partial charge in [-0.1, -0.05) is 0 Å². The lowest BCUT2D eigenvalue weighted by atomic mass is 10.6. The van der Waals surface area contributed by atoms with Crippen LogP contribution < -0.4 is 0 Å². The molecule has 0 saturated carbocycles. The Morgan fingerprint density at radius 1 is 1.64 bits per heavy atom. The van der Waals surface area contributed by atoms with Gasteiger partial charge in [0, 0.05) is 7.05 Å². The molecule has 0 atom stereocenters. The number of tetrazole rings is 1. The summed E-state index contributed by atoms with van der Waals surface area (Å²) in [6.45, 7) is 2.93. The van der Waals surface area contributed by atoms with Crippen molar-refractivity contribution < 1.29 is 5.21 Å². The van der Waals surface area contributed by atoms with E-state index in [0.29, 0.717) is 18.9 Å². The molecule has 0 spiro atoms. The summed E-state index contributed by atoms with van der Waals surface area (Å²) in [5, 5.41) is 21.2. The number of nitrogens with zero attached hydrogens (tertiary/aromatic N) is 5. The molecule has 0 radical (unpaired) electrons. The molecule has 0 aliphatic carbocycles. The zero-order valence-corrected chi connectivity index (χ0v) is 6.60. The average molecular weight is 157 g/mol. The van der Waals surface area contributed by atoms with Gasteiger partial charge in [-0.3, -0.25) is 0 Å². The van der Waals surface area contributed by atoms with Gasteiger partial charge in [-0.15, -0.1) is 10.2 Å². The van der Waals surface area contributed by atoms with Gasteiger partial charge in [0.15, 0.2) is 5.82 Å². The Balaban J connectivity index is 2.58. The third-order valence-corrected chi connectivity index (χ3v) is 1.15. The van der Waals surface area contributed by atoms with E-state index >= 15 is 0 Å². The van der Waals surface area contributed by atoms with E-state index in [0.717, 1.165) is 5.06 Å². The van der Waals surface area contributed by atoms with Gasteiger partial charge in [0.1, 0.15) is 0 Å². The van der Waals surface area contributed by atoms with Gasteiger partial charge >= 0.3 is 0 Å². The standard InChI is InChI=1S/C5H11N5O/c1-3-10-7-5(6-8-10)4-9(2)11/h11H,3-4H2,1-2H3. The van der Waals surface area contributed by atoms with E-state index in [4.69, 9.17) is 5.21 Å². The number of rotatable bonds is 3. The molecule has 11 heavy (non-hydrogen) atoms. The SMILES string of the molecule is CCn1nnc(CN(C)O)n1. The van der Waals surface area contributed by atoms with E-state index in [2.05, 4.69) is 15.4 Å². The highest BCUT2D eigenvalue weighted by atomic mass is 16.5. The zero-order chi connectivity index (χ0) is 8.27. The van der Waals surface area contributed by atoms with Gasteiger partial charge in [0.05, 0.1) is 13.1 Å². The number of hydrogen-bond donors (Lipinski definition) is 1. The summed E-state index contributed by atoms with van der Waals surface area (Å²) in [6, 6.07) is 0. The van der Waals surface area contributed by atoms with Crippen LogP contribution in [0.3, 0.4) is 0 Å². The molecule has 0 fully saturated rings. The summed E-state index contributed by atoms with van der Waals surface area (Å²) in [6.07, 6.45) is 0. The summed E-state index contributed by atoms with van der Waals surface area (Å²) in [5.74, 6) is 0.525. The minimum atomic E-state index is 0.306. The van der Waals surface area contributed by atoms with Crippen LogP contribution in [0.4, 0.5) is 0 Å². The Bertz CT molecular complexity index is 220. The Kier molecular flexibility index (Phi) is 2.50. The first-order valence-electron chi connectivity index (χ1n) is 3.39. The third kappa shape index (κ3) is 2.24. The topological polar surface area (TPSA) is 67.1 Å². The van der Waals surface area contributed by atoms with Crippen molar-refractivity contribution in [1.82, 2.24) is 25.3 Å². The summed E-state index contributed by atoms with van der Waals surface area (Å²) in [4.78, 5) is 1.47. The maximum Gasteiger partial charge on any atom is 0.191 e. The fourth-order valence-electron chi connectivity index (χ4n) is 0.678. The molecule has 6 heteroatoms. The van der Waals surface area contributed by atoms with Crippen molar-refractivity contribution in [3.8, 4) is 0 Å². The second-order valence-electron chi connectivity index (χ2n) is 2.21. The number of aromatic nitrogens is 4. The molecule has 1 aromatic heterocycles. The van der Waals surface area contributed by atoms with Crippen molar-refractivity contribution in [2.45, 2.75) is 20.0 Å². The molecule has 0 saturated heterocycles. The van der Waals surface area contributed by atoms with Crippen LogP contribution in [0, 0.1) is 0 Å². The van der Waals surface area contributed by atoms with Crippen LogP contribution in [0.5, 0.6) is 0 Å². The summed E-state index contributed by atoms with van der Waals surface area (Å²) in [5.41, 5.74) is 0.